The lowest BCUT2D eigenvalue weighted by Crippen LogP contribution is -2.03. The van der Waals surface area contributed by atoms with Gasteiger partial charge < -0.3 is 4.74 Å². The normalized spacial score (nSPS) is 12.2. The van der Waals surface area contributed by atoms with Crippen LogP contribution >= 0.6 is 23.4 Å². The quantitative estimate of drug-likeness (QED) is 0.430. The smallest absolute Gasteiger partial charge is 0.373 e. The van der Waals surface area contributed by atoms with Crippen molar-refractivity contribution >= 4 is 28.7 Å². The zero-order valence-corrected chi connectivity index (χ0v) is 8.64. The second-order valence-corrected chi connectivity index (χ2v) is 3.95. The predicted molar refractivity (Wildman–Crippen MR) is 54.1 cm³/mol. The fourth-order valence-electron chi connectivity index (χ4n) is 0.741. The molecule has 0 heterocycles. The van der Waals surface area contributed by atoms with Gasteiger partial charge in [0.25, 0.3) is 0 Å². The Kier molecular flexibility index (Phi) is 4.12. The molecule has 0 saturated heterocycles. The SMILES string of the molecule is C[C@@H](Cl)OC(=O)Sc1ccccc1. The van der Waals surface area contributed by atoms with E-state index in [0.29, 0.717) is 0 Å². The van der Waals surface area contributed by atoms with Gasteiger partial charge >= 0.3 is 5.30 Å². The maximum atomic E-state index is 11.1. The summed E-state index contributed by atoms with van der Waals surface area (Å²) in [6.45, 7) is 1.60. The van der Waals surface area contributed by atoms with Crippen molar-refractivity contribution in [1.29, 1.82) is 0 Å². The lowest BCUT2D eigenvalue weighted by atomic mass is 10.4. The van der Waals surface area contributed by atoms with Crippen LogP contribution in [0.5, 0.6) is 0 Å². The standard InChI is InChI=1S/C9H9ClO2S/c1-7(10)12-9(11)13-8-5-3-2-4-6-8/h2-7H,1H3/t7-/m0/s1. The topological polar surface area (TPSA) is 26.3 Å². The molecule has 13 heavy (non-hydrogen) atoms. The number of rotatable bonds is 2. The van der Waals surface area contributed by atoms with Crippen molar-refractivity contribution in [2.75, 3.05) is 0 Å². The molecule has 0 radical (unpaired) electrons. The molecule has 0 amide bonds. The Labute approximate surface area is 86.2 Å². The lowest BCUT2D eigenvalue weighted by molar-refractivity contribution is 0.168. The van der Waals surface area contributed by atoms with Gasteiger partial charge in [0, 0.05) is 4.90 Å². The molecule has 0 N–H and O–H groups in total. The number of hydrogen-bond donors (Lipinski definition) is 0. The number of hydrogen-bond acceptors (Lipinski definition) is 3. The van der Waals surface area contributed by atoms with Gasteiger partial charge in [0.15, 0.2) is 5.56 Å². The third-order valence-corrected chi connectivity index (χ3v) is 2.06. The summed E-state index contributed by atoms with van der Waals surface area (Å²) >= 11 is 6.51. The molecule has 0 aliphatic carbocycles. The van der Waals surface area contributed by atoms with Crippen molar-refractivity contribution in [3.63, 3.8) is 0 Å². The second-order valence-electron chi connectivity index (χ2n) is 2.33. The molecule has 0 spiro atoms. The molecule has 0 unspecified atom stereocenters. The monoisotopic (exact) mass is 216 g/mol. The molecule has 1 rings (SSSR count). The molecule has 70 valence electrons. The van der Waals surface area contributed by atoms with Gasteiger partial charge in [0.1, 0.15) is 0 Å². The molecule has 2 nitrogen and oxygen atoms in total. The predicted octanol–water partition coefficient (Wildman–Crippen LogP) is 3.50. The fourth-order valence-corrected chi connectivity index (χ4v) is 1.55. The highest BCUT2D eigenvalue weighted by molar-refractivity contribution is 8.13. The number of carbonyl (C=O) groups is 1. The van der Waals surface area contributed by atoms with Gasteiger partial charge in [-0.15, -0.1) is 0 Å². The Hall–Kier alpha value is -0.670. The van der Waals surface area contributed by atoms with Crippen LogP contribution in [-0.4, -0.2) is 10.9 Å². The molecule has 0 fully saturated rings. The Bertz CT molecular complexity index is 274. The molecule has 1 atom stereocenters. The van der Waals surface area contributed by atoms with E-state index in [1.54, 1.807) is 6.92 Å². The Morgan fingerprint density at radius 2 is 2.08 bits per heavy atom. The molecular weight excluding hydrogens is 208 g/mol. The van der Waals surface area contributed by atoms with Gasteiger partial charge in [-0.1, -0.05) is 29.8 Å². The first-order valence-electron chi connectivity index (χ1n) is 3.76. The van der Waals surface area contributed by atoms with Gasteiger partial charge in [-0.3, -0.25) is 0 Å². The molecule has 0 bridgehead atoms. The largest absolute Gasteiger partial charge is 0.438 e. The second kappa shape index (κ2) is 5.14. The molecule has 0 aliphatic heterocycles. The van der Waals surface area contributed by atoms with Crippen LogP contribution in [0.25, 0.3) is 0 Å². The van der Waals surface area contributed by atoms with E-state index in [4.69, 9.17) is 16.3 Å². The highest BCUT2D eigenvalue weighted by Gasteiger charge is 2.07. The summed E-state index contributed by atoms with van der Waals surface area (Å²) in [5.41, 5.74) is -0.580. The minimum Gasteiger partial charge on any atom is -0.438 e. The summed E-state index contributed by atoms with van der Waals surface area (Å²) in [4.78, 5) is 11.9. The van der Waals surface area contributed by atoms with Gasteiger partial charge in [-0.2, -0.15) is 0 Å². The number of ether oxygens (including phenoxy) is 1. The zero-order valence-electron chi connectivity index (χ0n) is 7.07. The average molecular weight is 217 g/mol. The van der Waals surface area contributed by atoms with E-state index < -0.39 is 5.56 Å². The molecule has 0 aliphatic rings. The van der Waals surface area contributed by atoms with Crippen molar-refractivity contribution in [1.82, 2.24) is 0 Å². The van der Waals surface area contributed by atoms with Crippen LogP contribution in [-0.2, 0) is 4.74 Å². The van der Waals surface area contributed by atoms with Crippen LogP contribution < -0.4 is 0 Å². The maximum Gasteiger partial charge on any atom is 0.373 e. The molecular formula is C9H9ClO2S. The average Bonchev–Trinajstić information content (AvgIpc) is 2.04. The van der Waals surface area contributed by atoms with E-state index in [9.17, 15) is 4.79 Å². The number of carbonyl (C=O) groups excluding carboxylic acids is 1. The summed E-state index contributed by atoms with van der Waals surface area (Å²) in [6, 6.07) is 9.29. The summed E-state index contributed by atoms with van der Waals surface area (Å²) < 4.78 is 4.74. The number of halogens is 1. The molecule has 0 aromatic heterocycles. The summed E-state index contributed by atoms with van der Waals surface area (Å²) in [5.74, 6) is 0. The van der Waals surface area contributed by atoms with Crippen LogP contribution in [0.4, 0.5) is 4.79 Å². The highest BCUT2D eigenvalue weighted by atomic mass is 35.5. The molecule has 4 heteroatoms. The van der Waals surface area contributed by atoms with Gasteiger partial charge in [0.2, 0.25) is 0 Å². The summed E-state index contributed by atoms with van der Waals surface area (Å²) in [6.07, 6.45) is 0. The Morgan fingerprint density at radius 3 is 2.62 bits per heavy atom. The first kappa shape index (κ1) is 10.4. The molecule has 1 aromatic carbocycles. The van der Waals surface area contributed by atoms with E-state index >= 15 is 0 Å². The first-order valence-corrected chi connectivity index (χ1v) is 5.01. The molecule has 1 aromatic rings. The van der Waals surface area contributed by atoms with Crippen LogP contribution in [0.15, 0.2) is 35.2 Å². The minimum absolute atomic E-state index is 0.381. The highest BCUT2D eigenvalue weighted by Crippen LogP contribution is 2.20. The van der Waals surface area contributed by atoms with E-state index in [1.165, 1.54) is 0 Å². The molecule has 0 saturated carbocycles. The number of thioether (sulfide) groups is 1. The lowest BCUT2D eigenvalue weighted by Gasteiger charge is -2.04. The van der Waals surface area contributed by atoms with E-state index in [1.807, 2.05) is 30.3 Å². The van der Waals surface area contributed by atoms with Gasteiger partial charge in [-0.05, 0) is 30.8 Å². The Balaban J connectivity index is 2.46. The van der Waals surface area contributed by atoms with Crippen molar-refractivity contribution in [2.24, 2.45) is 0 Å². The number of benzene rings is 1. The van der Waals surface area contributed by atoms with Crippen molar-refractivity contribution in [3.05, 3.63) is 30.3 Å². The van der Waals surface area contributed by atoms with Gasteiger partial charge in [0.05, 0.1) is 0 Å². The van der Waals surface area contributed by atoms with E-state index in [-0.39, 0.29) is 5.30 Å². The first-order chi connectivity index (χ1) is 6.18. The van der Waals surface area contributed by atoms with Crippen molar-refractivity contribution < 1.29 is 9.53 Å². The number of alkyl halides is 1. The summed E-state index contributed by atoms with van der Waals surface area (Å²) in [5, 5.41) is -0.381. The van der Waals surface area contributed by atoms with Crippen molar-refractivity contribution in [2.45, 2.75) is 17.4 Å². The minimum atomic E-state index is -0.580. The van der Waals surface area contributed by atoms with Crippen LogP contribution in [0.3, 0.4) is 0 Å². The fraction of sp³-hybridized carbons (Fsp3) is 0.222. The van der Waals surface area contributed by atoms with E-state index in [2.05, 4.69) is 0 Å². The summed E-state index contributed by atoms with van der Waals surface area (Å²) in [7, 11) is 0. The van der Waals surface area contributed by atoms with Crippen molar-refractivity contribution in [3.8, 4) is 0 Å². The maximum absolute atomic E-state index is 11.1. The van der Waals surface area contributed by atoms with Crippen LogP contribution in [0.2, 0.25) is 0 Å². The van der Waals surface area contributed by atoms with Crippen LogP contribution in [0, 0.1) is 0 Å². The van der Waals surface area contributed by atoms with E-state index in [0.717, 1.165) is 16.7 Å². The third kappa shape index (κ3) is 4.20. The van der Waals surface area contributed by atoms with Crippen LogP contribution in [0.1, 0.15) is 6.92 Å². The zero-order chi connectivity index (χ0) is 9.68. The Morgan fingerprint density at radius 1 is 1.46 bits per heavy atom. The third-order valence-electron chi connectivity index (χ3n) is 1.20. The van der Waals surface area contributed by atoms with Gasteiger partial charge in [-0.25, -0.2) is 4.79 Å².